The van der Waals surface area contributed by atoms with E-state index in [1.165, 1.54) is 12.8 Å². The molecule has 1 unspecified atom stereocenters. The minimum absolute atomic E-state index is 0.130. The van der Waals surface area contributed by atoms with Crippen molar-refractivity contribution in [1.82, 2.24) is 10.6 Å². The molecule has 3 rings (SSSR count). The number of nitrogens with zero attached hydrogens (tertiary/aromatic N) is 1. The van der Waals surface area contributed by atoms with Gasteiger partial charge in [0, 0.05) is 27.6 Å². The van der Waals surface area contributed by atoms with Crippen molar-refractivity contribution in [1.29, 1.82) is 0 Å². The molecule has 1 heterocycles. The van der Waals surface area contributed by atoms with Crippen molar-refractivity contribution in [3.63, 3.8) is 0 Å². The summed E-state index contributed by atoms with van der Waals surface area (Å²) in [6.45, 7) is 1.64. The molecule has 1 amide bonds. The van der Waals surface area contributed by atoms with Gasteiger partial charge in [0.25, 0.3) is 5.91 Å². The summed E-state index contributed by atoms with van der Waals surface area (Å²) in [6, 6.07) is 11.7. The smallest absolute Gasteiger partial charge is 0.258 e. The van der Waals surface area contributed by atoms with Gasteiger partial charge < -0.3 is 15.8 Å². The molecule has 0 aliphatic carbocycles. The van der Waals surface area contributed by atoms with Crippen LogP contribution in [-0.2, 0) is 12.8 Å². The number of methoxy groups -OCH3 is 1. The van der Waals surface area contributed by atoms with E-state index in [4.69, 9.17) is 22.1 Å². The number of ether oxygens (including phenoxy) is 1. The third kappa shape index (κ3) is 6.95. The highest BCUT2D eigenvalue weighted by Gasteiger charge is 2.16. The molecule has 172 valence electrons. The van der Waals surface area contributed by atoms with E-state index in [0.717, 1.165) is 40.7 Å². The molecule has 0 spiro atoms. The Balaban J connectivity index is 1.64. The number of hydrogen-bond donors (Lipinski definition) is 3. The van der Waals surface area contributed by atoms with Gasteiger partial charge in [-0.25, -0.2) is 0 Å². The Kier molecular flexibility index (Phi) is 9.38. The van der Waals surface area contributed by atoms with Crippen LogP contribution in [0.4, 0.5) is 0 Å². The SMILES string of the molecule is COc1ccc(Br)cc1CCc1c(Cl)cccc1C(=O)NC(N)=NCCC1CCCCN1. The van der Waals surface area contributed by atoms with Gasteiger partial charge in [0.15, 0.2) is 5.96 Å². The third-order valence-electron chi connectivity index (χ3n) is 5.66. The van der Waals surface area contributed by atoms with Crippen LogP contribution in [0.3, 0.4) is 0 Å². The molecule has 1 aliphatic rings. The van der Waals surface area contributed by atoms with E-state index in [0.29, 0.717) is 36.0 Å². The van der Waals surface area contributed by atoms with Crippen molar-refractivity contribution in [2.45, 2.75) is 44.6 Å². The summed E-state index contributed by atoms with van der Waals surface area (Å²) in [5, 5.41) is 6.74. The van der Waals surface area contributed by atoms with E-state index in [-0.39, 0.29) is 11.9 Å². The molecular weight excluding hydrogens is 492 g/mol. The molecule has 32 heavy (non-hydrogen) atoms. The first kappa shape index (κ1) is 24.6. The standard InChI is InChI=1S/C24H30BrClN4O2/c1-32-22-11-9-17(25)15-16(22)8-10-19-20(6-4-7-21(19)26)23(31)30-24(27)29-14-12-18-5-2-3-13-28-18/h4,6-7,9,11,15,18,28H,2-3,5,8,10,12-14H2,1H3,(H3,27,29,30,31). The summed E-state index contributed by atoms with van der Waals surface area (Å²) in [4.78, 5) is 17.2. The molecule has 1 aliphatic heterocycles. The van der Waals surface area contributed by atoms with Crippen molar-refractivity contribution >= 4 is 39.4 Å². The van der Waals surface area contributed by atoms with Crippen molar-refractivity contribution in [2.75, 3.05) is 20.2 Å². The van der Waals surface area contributed by atoms with Gasteiger partial charge in [0.05, 0.1) is 7.11 Å². The molecule has 6 nitrogen and oxygen atoms in total. The fourth-order valence-corrected chi connectivity index (χ4v) is 4.64. The van der Waals surface area contributed by atoms with Gasteiger partial charge in [0.1, 0.15) is 5.75 Å². The number of guanidine groups is 1. The minimum Gasteiger partial charge on any atom is -0.496 e. The molecule has 0 saturated carbocycles. The van der Waals surface area contributed by atoms with Crippen molar-refractivity contribution in [2.24, 2.45) is 10.7 Å². The van der Waals surface area contributed by atoms with Crippen LogP contribution in [0, 0.1) is 0 Å². The lowest BCUT2D eigenvalue weighted by Gasteiger charge is -2.22. The molecule has 1 atom stereocenters. The number of rotatable bonds is 8. The van der Waals surface area contributed by atoms with Gasteiger partial charge >= 0.3 is 0 Å². The van der Waals surface area contributed by atoms with E-state index in [1.807, 2.05) is 18.2 Å². The third-order valence-corrected chi connectivity index (χ3v) is 6.51. The van der Waals surface area contributed by atoms with Crippen LogP contribution in [0.15, 0.2) is 45.9 Å². The predicted octanol–water partition coefficient (Wildman–Crippen LogP) is 4.47. The van der Waals surface area contributed by atoms with Gasteiger partial charge in [0.2, 0.25) is 0 Å². The van der Waals surface area contributed by atoms with Crippen LogP contribution < -0.4 is 21.1 Å². The van der Waals surface area contributed by atoms with Crippen LogP contribution in [0.2, 0.25) is 5.02 Å². The van der Waals surface area contributed by atoms with Gasteiger partial charge in [-0.3, -0.25) is 15.1 Å². The molecule has 0 radical (unpaired) electrons. The number of halogens is 2. The maximum Gasteiger partial charge on any atom is 0.258 e. The highest BCUT2D eigenvalue weighted by molar-refractivity contribution is 9.10. The van der Waals surface area contributed by atoms with Crippen LogP contribution in [0.1, 0.15) is 47.2 Å². The first-order valence-corrected chi connectivity index (χ1v) is 12.1. The molecule has 1 fully saturated rings. The number of nitrogens with two attached hydrogens (primary N) is 1. The van der Waals surface area contributed by atoms with Crippen LogP contribution in [0.25, 0.3) is 0 Å². The zero-order valence-electron chi connectivity index (χ0n) is 18.3. The lowest BCUT2D eigenvalue weighted by molar-refractivity contribution is 0.0975. The lowest BCUT2D eigenvalue weighted by atomic mass is 9.98. The number of nitrogens with one attached hydrogen (secondary N) is 2. The maximum atomic E-state index is 12.9. The van der Waals surface area contributed by atoms with E-state index in [2.05, 4.69) is 31.6 Å². The number of benzene rings is 2. The number of aryl methyl sites for hydroxylation is 1. The van der Waals surface area contributed by atoms with Gasteiger partial charge in [-0.15, -0.1) is 0 Å². The van der Waals surface area contributed by atoms with E-state index < -0.39 is 0 Å². The second kappa shape index (κ2) is 12.2. The van der Waals surface area contributed by atoms with Crippen molar-refractivity contribution < 1.29 is 9.53 Å². The lowest BCUT2D eigenvalue weighted by Crippen LogP contribution is -2.38. The second-order valence-corrected chi connectivity index (χ2v) is 9.20. The van der Waals surface area contributed by atoms with Crippen LogP contribution >= 0.6 is 27.5 Å². The van der Waals surface area contributed by atoms with E-state index in [9.17, 15) is 4.79 Å². The molecule has 0 bridgehead atoms. The van der Waals surface area contributed by atoms with Crippen LogP contribution in [-0.4, -0.2) is 38.1 Å². The number of amides is 1. The minimum atomic E-state index is -0.305. The number of aliphatic imine (C=N–C) groups is 1. The quantitative estimate of drug-likeness (QED) is 0.353. The summed E-state index contributed by atoms with van der Waals surface area (Å²) in [5.74, 6) is 0.626. The Bertz CT molecular complexity index is 961. The van der Waals surface area contributed by atoms with Gasteiger partial charge in [-0.05, 0) is 80.1 Å². The molecule has 1 saturated heterocycles. The monoisotopic (exact) mass is 520 g/mol. The number of carbonyl (C=O) groups is 1. The fourth-order valence-electron chi connectivity index (χ4n) is 3.96. The highest BCUT2D eigenvalue weighted by Crippen LogP contribution is 2.27. The largest absolute Gasteiger partial charge is 0.496 e. The fraction of sp³-hybridized carbons (Fsp3) is 0.417. The molecule has 4 N–H and O–H groups in total. The van der Waals surface area contributed by atoms with Gasteiger partial charge in [-0.2, -0.15) is 0 Å². The Labute approximate surface area is 203 Å². The molecule has 2 aromatic carbocycles. The zero-order chi connectivity index (χ0) is 22.9. The van der Waals surface area contributed by atoms with Gasteiger partial charge in [-0.1, -0.05) is 40.0 Å². The van der Waals surface area contributed by atoms with Crippen LogP contribution in [0.5, 0.6) is 5.75 Å². The first-order valence-electron chi connectivity index (χ1n) is 10.9. The first-order chi connectivity index (χ1) is 15.5. The van der Waals surface area contributed by atoms with E-state index in [1.54, 1.807) is 25.3 Å². The molecule has 8 heteroatoms. The highest BCUT2D eigenvalue weighted by atomic mass is 79.9. The number of carbonyl (C=O) groups excluding carboxylic acids is 1. The summed E-state index contributed by atoms with van der Waals surface area (Å²) in [5.41, 5.74) is 8.28. The topological polar surface area (TPSA) is 88.7 Å². The Morgan fingerprint density at radius 3 is 2.91 bits per heavy atom. The normalized spacial score (nSPS) is 16.6. The molecular formula is C24H30BrClN4O2. The zero-order valence-corrected chi connectivity index (χ0v) is 20.6. The summed E-state index contributed by atoms with van der Waals surface area (Å²) in [7, 11) is 1.65. The Hall–Kier alpha value is -2.09. The summed E-state index contributed by atoms with van der Waals surface area (Å²) < 4.78 is 6.43. The average molecular weight is 522 g/mol. The van der Waals surface area contributed by atoms with Crippen molar-refractivity contribution in [3.8, 4) is 5.75 Å². The Morgan fingerprint density at radius 1 is 1.31 bits per heavy atom. The average Bonchev–Trinajstić information content (AvgIpc) is 2.79. The summed E-state index contributed by atoms with van der Waals surface area (Å²) in [6.07, 6.45) is 5.80. The molecule has 0 aromatic heterocycles. The van der Waals surface area contributed by atoms with Crippen molar-refractivity contribution in [3.05, 3.63) is 62.6 Å². The molecule has 2 aromatic rings. The Morgan fingerprint density at radius 2 is 2.16 bits per heavy atom. The predicted molar refractivity (Wildman–Crippen MR) is 134 cm³/mol. The number of piperidine rings is 1. The number of hydrogen-bond acceptors (Lipinski definition) is 4. The second-order valence-electron chi connectivity index (χ2n) is 7.88. The maximum absolute atomic E-state index is 12.9. The van der Waals surface area contributed by atoms with E-state index >= 15 is 0 Å². The summed E-state index contributed by atoms with van der Waals surface area (Å²) >= 11 is 9.96.